The third kappa shape index (κ3) is 4.17. The highest BCUT2D eigenvalue weighted by molar-refractivity contribution is 7.99. The van der Waals surface area contributed by atoms with Gasteiger partial charge in [-0.1, -0.05) is 53.7 Å². The molecule has 2 heterocycles. The van der Waals surface area contributed by atoms with Crippen molar-refractivity contribution in [2.24, 2.45) is 0 Å². The van der Waals surface area contributed by atoms with Crippen LogP contribution in [0.4, 0.5) is 15.8 Å². The summed E-state index contributed by atoms with van der Waals surface area (Å²) < 4.78 is 16.3. The summed E-state index contributed by atoms with van der Waals surface area (Å²) in [5.74, 6) is -0.519. The molecule has 1 aromatic heterocycles. The molecule has 0 saturated heterocycles. The quantitative estimate of drug-likeness (QED) is 0.433. The van der Waals surface area contributed by atoms with E-state index in [-0.39, 0.29) is 24.1 Å². The maximum atomic E-state index is 14.6. The number of nitrogens with zero attached hydrogens (tertiary/aromatic N) is 4. The summed E-state index contributed by atoms with van der Waals surface area (Å²) >= 11 is 1.19. The second-order valence-corrected chi connectivity index (χ2v) is 8.73. The molecule has 34 heavy (non-hydrogen) atoms. The summed E-state index contributed by atoms with van der Waals surface area (Å²) in [6, 6.07) is 21.2. The van der Waals surface area contributed by atoms with E-state index in [1.54, 1.807) is 41.0 Å². The number of anilines is 2. The van der Waals surface area contributed by atoms with Crippen LogP contribution in [0.25, 0.3) is 17.1 Å². The number of carbonyl (C=O) groups excluding carboxylic acids is 2. The van der Waals surface area contributed by atoms with Crippen LogP contribution in [-0.2, 0) is 9.59 Å². The summed E-state index contributed by atoms with van der Waals surface area (Å²) in [7, 11) is 0. The molecule has 170 valence electrons. The van der Waals surface area contributed by atoms with E-state index in [9.17, 15) is 14.0 Å². The van der Waals surface area contributed by atoms with Gasteiger partial charge in [-0.15, -0.1) is 10.2 Å². The molecule has 0 spiro atoms. The van der Waals surface area contributed by atoms with Gasteiger partial charge in [-0.3, -0.25) is 14.2 Å². The highest BCUT2D eigenvalue weighted by atomic mass is 32.2. The van der Waals surface area contributed by atoms with E-state index >= 15 is 0 Å². The number of hydrogen-bond acceptors (Lipinski definition) is 5. The molecular formula is C25H20FN5O2S. The Morgan fingerprint density at radius 1 is 1.03 bits per heavy atom. The lowest BCUT2D eigenvalue weighted by Gasteiger charge is -2.29. The van der Waals surface area contributed by atoms with Crippen molar-refractivity contribution < 1.29 is 14.0 Å². The Labute approximate surface area is 199 Å². The van der Waals surface area contributed by atoms with Crippen molar-refractivity contribution in [3.63, 3.8) is 0 Å². The third-order valence-corrected chi connectivity index (χ3v) is 6.35. The topological polar surface area (TPSA) is 80.1 Å². The molecule has 1 aliphatic heterocycles. The number of rotatable bonds is 5. The zero-order valence-corrected chi connectivity index (χ0v) is 19.1. The maximum Gasteiger partial charge on any atom is 0.244 e. The number of aromatic nitrogens is 3. The van der Waals surface area contributed by atoms with Gasteiger partial charge in [0.15, 0.2) is 11.0 Å². The lowest BCUT2D eigenvalue weighted by atomic mass is 10.2. The smallest absolute Gasteiger partial charge is 0.244 e. The average molecular weight is 474 g/mol. The third-order valence-electron chi connectivity index (χ3n) is 5.44. The number of halogens is 1. The standard InChI is InChI=1S/C25H20FN5O2S/c1-16-10-12-17(13-11-16)31-24(18-6-2-3-7-19(18)26)28-29-25(31)34-15-23(33)30-14-22(32)27-20-8-4-5-9-21(20)30/h2-13H,14-15H2,1H3,(H,27,32). The first-order chi connectivity index (χ1) is 16.5. The van der Waals surface area contributed by atoms with Gasteiger partial charge >= 0.3 is 0 Å². The van der Waals surface area contributed by atoms with Crippen molar-refractivity contribution in [3.8, 4) is 17.1 Å². The van der Waals surface area contributed by atoms with Crippen molar-refractivity contribution >= 4 is 35.0 Å². The number of nitrogens with one attached hydrogen (secondary N) is 1. The van der Waals surface area contributed by atoms with Crippen molar-refractivity contribution in [1.82, 2.24) is 14.8 Å². The van der Waals surface area contributed by atoms with Crippen LogP contribution in [0.1, 0.15) is 5.56 Å². The van der Waals surface area contributed by atoms with E-state index < -0.39 is 5.82 Å². The van der Waals surface area contributed by atoms with Crippen LogP contribution in [0.2, 0.25) is 0 Å². The molecule has 0 bridgehead atoms. The predicted octanol–water partition coefficient (Wildman–Crippen LogP) is 4.46. The van der Waals surface area contributed by atoms with E-state index in [4.69, 9.17) is 0 Å². The number of thioether (sulfide) groups is 1. The molecule has 3 aromatic carbocycles. The first-order valence-corrected chi connectivity index (χ1v) is 11.6. The number of benzene rings is 3. The van der Waals surface area contributed by atoms with E-state index in [0.29, 0.717) is 27.9 Å². The summed E-state index contributed by atoms with van der Waals surface area (Å²) in [5.41, 5.74) is 3.40. The highest BCUT2D eigenvalue weighted by Gasteiger charge is 2.27. The highest BCUT2D eigenvalue weighted by Crippen LogP contribution is 2.32. The van der Waals surface area contributed by atoms with Crippen molar-refractivity contribution in [1.29, 1.82) is 0 Å². The Morgan fingerprint density at radius 2 is 1.76 bits per heavy atom. The van der Waals surface area contributed by atoms with Gasteiger partial charge in [-0.2, -0.15) is 0 Å². The Morgan fingerprint density at radius 3 is 2.56 bits per heavy atom. The molecule has 1 N–H and O–H groups in total. The van der Waals surface area contributed by atoms with Crippen molar-refractivity contribution in [2.45, 2.75) is 12.1 Å². The molecule has 0 unspecified atom stereocenters. The van der Waals surface area contributed by atoms with E-state index in [1.165, 1.54) is 22.7 Å². The molecule has 5 rings (SSSR count). The largest absolute Gasteiger partial charge is 0.323 e. The lowest BCUT2D eigenvalue weighted by Crippen LogP contribution is -2.43. The second kappa shape index (κ2) is 9.11. The summed E-state index contributed by atoms with van der Waals surface area (Å²) in [6.07, 6.45) is 0. The normalized spacial score (nSPS) is 12.9. The molecule has 9 heteroatoms. The van der Waals surface area contributed by atoms with Gasteiger partial charge in [0.2, 0.25) is 11.8 Å². The van der Waals surface area contributed by atoms with E-state index in [2.05, 4.69) is 15.5 Å². The van der Waals surface area contributed by atoms with Crippen LogP contribution in [0, 0.1) is 12.7 Å². The maximum absolute atomic E-state index is 14.6. The Kier molecular flexibility index (Phi) is 5.85. The molecule has 4 aromatic rings. The number of fused-ring (bicyclic) bond motifs is 1. The number of carbonyl (C=O) groups is 2. The molecule has 0 fully saturated rings. The fraction of sp³-hybridized carbons (Fsp3) is 0.120. The van der Waals surface area contributed by atoms with Gasteiger partial charge in [0.1, 0.15) is 12.4 Å². The number of aryl methyl sites for hydroxylation is 1. The van der Waals surface area contributed by atoms with Gasteiger partial charge in [-0.25, -0.2) is 4.39 Å². The molecule has 7 nitrogen and oxygen atoms in total. The van der Waals surface area contributed by atoms with Crippen LogP contribution < -0.4 is 10.2 Å². The predicted molar refractivity (Wildman–Crippen MR) is 130 cm³/mol. The number of amides is 2. The second-order valence-electron chi connectivity index (χ2n) is 7.79. The van der Waals surface area contributed by atoms with Crippen LogP contribution in [0.3, 0.4) is 0 Å². The van der Waals surface area contributed by atoms with Gasteiger partial charge in [0.05, 0.1) is 22.7 Å². The molecule has 0 aliphatic carbocycles. The summed E-state index contributed by atoms with van der Waals surface area (Å²) in [5, 5.41) is 11.7. The van der Waals surface area contributed by atoms with Gasteiger partial charge < -0.3 is 10.2 Å². The van der Waals surface area contributed by atoms with Crippen LogP contribution in [0.15, 0.2) is 78.0 Å². The fourth-order valence-corrected chi connectivity index (χ4v) is 4.59. The number of hydrogen-bond donors (Lipinski definition) is 1. The first-order valence-electron chi connectivity index (χ1n) is 10.6. The Balaban J connectivity index is 1.47. The van der Waals surface area contributed by atoms with Crippen molar-refractivity contribution in [3.05, 3.63) is 84.2 Å². The first kappa shape index (κ1) is 21.8. The van der Waals surface area contributed by atoms with Crippen LogP contribution in [0.5, 0.6) is 0 Å². The molecule has 0 atom stereocenters. The minimum absolute atomic E-state index is 0.0306. The fourth-order valence-electron chi connectivity index (χ4n) is 3.77. The zero-order chi connectivity index (χ0) is 23.7. The van der Waals surface area contributed by atoms with Gasteiger partial charge in [-0.05, 0) is 43.3 Å². The molecule has 2 amide bonds. The molecule has 1 aliphatic rings. The van der Waals surface area contributed by atoms with Crippen LogP contribution >= 0.6 is 11.8 Å². The summed E-state index contributed by atoms with van der Waals surface area (Å²) in [4.78, 5) is 26.7. The van der Waals surface area contributed by atoms with E-state index in [0.717, 1.165) is 11.3 Å². The molecule has 0 saturated carbocycles. The van der Waals surface area contributed by atoms with Gasteiger partial charge in [0, 0.05) is 5.69 Å². The van der Waals surface area contributed by atoms with E-state index in [1.807, 2.05) is 37.3 Å². The lowest BCUT2D eigenvalue weighted by molar-refractivity contribution is -0.120. The Hall–Kier alpha value is -3.98. The Bertz CT molecular complexity index is 1390. The average Bonchev–Trinajstić information content (AvgIpc) is 3.26. The molecular weight excluding hydrogens is 453 g/mol. The van der Waals surface area contributed by atoms with Gasteiger partial charge in [0.25, 0.3) is 0 Å². The van der Waals surface area contributed by atoms with Crippen molar-refractivity contribution in [2.75, 3.05) is 22.5 Å². The SMILES string of the molecule is Cc1ccc(-n2c(SCC(=O)N3CC(=O)Nc4ccccc43)nnc2-c2ccccc2F)cc1. The molecule has 0 radical (unpaired) electrons. The van der Waals surface area contributed by atoms with Crippen LogP contribution in [-0.4, -0.2) is 38.9 Å². The minimum atomic E-state index is -0.410. The monoisotopic (exact) mass is 473 g/mol. The zero-order valence-electron chi connectivity index (χ0n) is 18.2. The minimum Gasteiger partial charge on any atom is -0.323 e. The summed E-state index contributed by atoms with van der Waals surface area (Å²) in [6.45, 7) is 1.93. The number of para-hydroxylation sites is 2.